The average Bonchev–Trinajstić information content (AvgIpc) is 3.04. The van der Waals surface area contributed by atoms with Crippen LogP contribution < -0.4 is 10.1 Å². The minimum Gasteiger partial charge on any atom is -0.495 e. The number of nitrogens with zero attached hydrogens (tertiary/aromatic N) is 1. The Morgan fingerprint density at radius 1 is 1.21 bits per heavy atom. The Labute approximate surface area is 148 Å². The Kier molecular flexibility index (Phi) is 4.47. The second-order valence-electron chi connectivity index (χ2n) is 6.13. The minimum atomic E-state index is -0.501. The highest BCUT2D eigenvalue weighted by molar-refractivity contribution is 7.29. The molecule has 0 atom stereocenters. The van der Waals surface area contributed by atoms with Gasteiger partial charge in [-0.25, -0.2) is 9.78 Å². The number of benzene rings is 1. The molecule has 5 nitrogen and oxygen atoms in total. The summed E-state index contributed by atoms with van der Waals surface area (Å²) < 4.78 is 11.7. The molecule has 2 heterocycles. The molecule has 0 radical (unpaired) electrons. The van der Waals surface area contributed by atoms with Crippen LogP contribution in [0.1, 0.15) is 30.4 Å². The zero-order valence-corrected chi connectivity index (χ0v) is 15.5. The molecule has 3 rings (SSSR count). The Morgan fingerprint density at radius 2 is 1.96 bits per heavy atom. The number of aromatic nitrogens is 1. The zero-order valence-electron chi connectivity index (χ0n) is 13.9. The molecule has 0 aliphatic carbocycles. The van der Waals surface area contributed by atoms with Crippen molar-refractivity contribution in [1.82, 2.24) is 4.98 Å². The van der Waals surface area contributed by atoms with Crippen molar-refractivity contribution in [1.29, 1.82) is 0 Å². The molecule has 0 spiro atoms. The van der Waals surface area contributed by atoms with Crippen LogP contribution in [-0.2, 0) is 4.74 Å². The van der Waals surface area contributed by atoms with Crippen molar-refractivity contribution < 1.29 is 14.3 Å². The number of hydrogen-bond acceptors (Lipinski definition) is 7. The van der Waals surface area contributed by atoms with Crippen molar-refractivity contribution in [2.75, 3.05) is 12.4 Å². The number of ether oxygens (including phenoxy) is 2. The van der Waals surface area contributed by atoms with Crippen LogP contribution in [0.25, 0.3) is 9.53 Å². The fourth-order valence-electron chi connectivity index (χ4n) is 2.08. The second-order valence-corrected chi connectivity index (χ2v) is 8.19. The fraction of sp³-hybridized carbons (Fsp3) is 0.294. The van der Waals surface area contributed by atoms with Crippen molar-refractivity contribution in [3.05, 3.63) is 35.2 Å². The molecule has 0 amide bonds. The van der Waals surface area contributed by atoms with Crippen molar-refractivity contribution >= 4 is 49.0 Å². The van der Waals surface area contributed by atoms with Gasteiger partial charge in [-0.05, 0) is 39.0 Å². The van der Waals surface area contributed by atoms with Crippen LogP contribution >= 0.6 is 22.7 Å². The maximum Gasteiger partial charge on any atom is 0.348 e. The van der Waals surface area contributed by atoms with E-state index in [4.69, 9.17) is 9.47 Å². The Hall–Kier alpha value is -2.12. The number of nitrogens with one attached hydrogen (secondary N) is 1. The van der Waals surface area contributed by atoms with Gasteiger partial charge in [-0.2, -0.15) is 0 Å². The quantitative estimate of drug-likeness (QED) is 0.657. The van der Waals surface area contributed by atoms with E-state index in [1.165, 1.54) is 22.7 Å². The number of fused-ring (bicyclic) bond motifs is 1. The molecule has 126 valence electrons. The lowest BCUT2D eigenvalue weighted by Crippen LogP contribution is -2.23. The van der Waals surface area contributed by atoms with Gasteiger partial charge in [0.15, 0.2) is 5.13 Å². The number of rotatable bonds is 4. The lowest BCUT2D eigenvalue weighted by atomic mass is 10.2. The maximum absolute atomic E-state index is 12.1. The monoisotopic (exact) mass is 362 g/mol. The SMILES string of the molecule is COc1ccccc1Nc1nc2sc(C(=O)OC(C)(C)C)cc2s1. The summed E-state index contributed by atoms with van der Waals surface area (Å²) in [7, 11) is 1.63. The maximum atomic E-state index is 12.1. The van der Waals surface area contributed by atoms with Crippen molar-refractivity contribution in [3.63, 3.8) is 0 Å². The Morgan fingerprint density at radius 3 is 2.62 bits per heavy atom. The molecule has 0 saturated heterocycles. The van der Waals surface area contributed by atoms with Crippen LogP contribution in [0.3, 0.4) is 0 Å². The first kappa shape index (κ1) is 16.7. The summed E-state index contributed by atoms with van der Waals surface area (Å²) in [5.74, 6) is 0.447. The van der Waals surface area contributed by atoms with Gasteiger partial charge in [-0.15, -0.1) is 11.3 Å². The van der Waals surface area contributed by atoms with Crippen molar-refractivity contribution in [2.24, 2.45) is 0 Å². The lowest BCUT2D eigenvalue weighted by molar-refractivity contribution is 0.00753. The predicted octanol–water partition coefficient (Wildman–Crippen LogP) is 5.07. The lowest BCUT2D eigenvalue weighted by Gasteiger charge is -2.18. The number of hydrogen-bond donors (Lipinski definition) is 1. The van der Waals surface area contributed by atoms with Crippen LogP contribution in [0, 0.1) is 0 Å². The third kappa shape index (κ3) is 3.68. The number of carbonyl (C=O) groups is 1. The molecule has 1 N–H and O–H groups in total. The van der Waals surface area contributed by atoms with Crippen molar-refractivity contribution in [3.8, 4) is 5.75 Å². The van der Waals surface area contributed by atoms with E-state index < -0.39 is 5.60 Å². The number of anilines is 2. The normalized spacial score (nSPS) is 11.5. The summed E-state index contributed by atoms with van der Waals surface area (Å²) in [5.41, 5.74) is 0.354. The van der Waals surface area contributed by atoms with E-state index in [-0.39, 0.29) is 5.97 Å². The smallest absolute Gasteiger partial charge is 0.348 e. The number of carbonyl (C=O) groups excluding carboxylic acids is 1. The average molecular weight is 362 g/mol. The third-order valence-corrected chi connectivity index (χ3v) is 5.09. The molecule has 0 unspecified atom stereocenters. The molecular weight excluding hydrogens is 344 g/mol. The molecule has 0 aliphatic heterocycles. The number of para-hydroxylation sites is 2. The molecule has 0 bridgehead atoms. The molecule has 2 aromatic heterocycles. The van der Waals surface area contributed by atoms with Gasteiger partial charge < -0.3 is 14.8 Å². The number of esters is 1. The van der Waals surface area contributed by atoms with E-state index in [0.717, 1.165) is 26.1 Å². The molecule has 0 fully saturated rings. The van der Waals surface area contributed by atoms with E-state index in [1.54, 1.807) is 7.11 Å². The Bertz CT molecular complexity index is 846. The number of methoxy groups -OCH3 is 1. The van der Waals surface area contributed by atoms with Gasteiger partial charge in [0.05, 0.1) is 17.5 Å². The van der Waals surface area contributed by atoms with Crippen molar-refractivity contribution in [2.45, 2.75) is 26.4 Å². The van der Waals surface area contributed by atoms with Gasteiger partial charge in [0.25, 0.3) is 0 Å². The van der Waals surface area contributed by atoms with Gasteiger partial charge in [-0.3, -0.25) is 0 Å². The summed E-state index contributed by atoms with van der Waals surface area (Å²) >= 11 is 2.83. The van der Waals surface area contributed by atoms with Gasteiger partial charge in [0.2, 0.25) is 0 Å². The first-order chi connectivity index (χ1) is 11.4. The summed E-state index contributed by atoms with van der Waals surface area (Å²) in [4.78, 5) is 18.1. The largest absolute Gasteiger partial charge is 0.495 e. The molecule has 1 aromatic carbocycles. The molecule has 7 heteroatoms. The summed E-state index contributed by atoms with van der Waals surface area (Å²) in [6, 6.07) is 9.50. The van der Waals surface area contributed by atoms with E-state index in [9.17, 15) is 4.79 Å². The first-order valence-corrected chi connectivity index (χ1v) is 9.03. The third-order valence-electron chi connectivity index (χ3n) is 3.04. The van der Waals surface area contributed by atoms with Crippen LogP contribution in [0.5, 0.6) is 5.75 Å². The van der Waals surface area contributed by atoms with Crippen LogP contribution in [0.15, 0.2) is 30.3 Å². The highest BCUT2D eigenvalue weighted by Crippen LogP contribution is 2.36. The fourth-order valence-corrected chi connectivity index (χ4v) is 4.09. The Balaban J connectivity index is 1.81. The van der Waals surface area contributed by atoms with Gasteiger partial charge in [0, 0.05) is 0 Å². The van der Waals surface area contributed by atoms with E-state index in [2.05, 4.69) is 10.3 Å². The topological polar surface area (TPSA) is 60.5 Å². The first-order valence-electron chi connectivity index (χ1n) is 7.39. The summed E-state index contributed by atoms with van der Waals surface area (Å²) in [6.45, 7) is 5.57. The van der Waals surface area contributed by atoms with E-state index >= 15 is 0 Å². The van der Waals surface area contributed by atoms with Crippen LogP contribution in [0.4, 0.5) is 10.8 Å². The predicted molar refractivity (Wildman–Crippen MR) is 98.9 cm³/mol. The standard InChI is InChI=1S/C17H18N2O3S2/c1-17(2,3)22-15(20)13-9-12-14(23-13)19-16(24-12)18-10-7-5-6-8-11(10)21-4/h5-9H,1-4H3,(H,18,19). The molecule has 24 heavy (non-hydrogen) atoms. The highest BCUT2D eigenvalue weighted by Gasteiger charge is 2.21. The minimum absolute atomic E-state index is 0.308. The second kappa shape index (κ2) is 6.41. The van der Waals surface area contributed by atoms with Gasteiger partial charge >= 0.3 is 5.97 Å². The molecule has 0 saturated carbocycles. The molecule has 0 aliphatic rings. The van der Waals surface area contributed by atoms with Crippen LogP contribution in [0.2, 0.25) is 0 Å². The number of thiazole rings is 1. The van der Waals surface area contributed by atoms with E-state index in [1.807, 2.05) is 51.1 Å². The zero-order chi connectivity index (χ0) is 17.3. The highest BCUT2D eigenvalue weighted by atomic mass is 32.1. The summed E-state index contributed by atoms with van der Waals surface area (Å²) in [6.07, 6.45) is 0. The summed E-state index contributed by atoms with van der Waals surface area (Å²) in [5, 5.41) is 4.02. The van der Waals surface area contributed by atoms with E-state index in [0.29, 0.717) is 4.88 Å². The van der Waals surface area contributed by atoms with Gasteiger partial charge in [-0.1, -0.05) is 23.5 Å². The van der Waals surface area contributed by atoms with Gasteiger partial charge in [0.1, 0.15) is 21.1 Å². The molecule has 3 aromatic rings. The number of thiophene rings is 1. The molecular formula is C17H18N2O3S2. The van der Waals surface area contributed by atoms with Crippen LogP contribution in [-0.4, -0.2) is 23.7 Å².